The number of hydrogen-bond donors (Lipinski definition) is 2. The van der Waals surface area contributed by atoms with Gasteiger partial charge in [-0.3, -0.25) is 0 Å². The molecule has 1 aromatic rings. The highest BCUT2D eigenvalue weighted by molar-refractivity contribution is 7.89. The third kappa shape index (κ3) is 5.02. The number of nitrogen functional groups attached to an aromatic ring is 1. The molecule has 1 saturated carbocycles. The maximum Gasteiger partial charge on any atom is 0.409 e. The van der Waals surface area contributed by atoms with E-state index in [1.165, 1.54) is 0 Å². The fourth-order valence-corrected chi connectivity index (χ4v) is 2.64. The summed E-state index contributed by atoms with van der Waals surface area (Å²) >= 11 is -0.966. The van der Waals surface area contributed by atoms with Crippen LogP contribution in [0.2, 0.25) is 0 Å². The van der Waals surface area contributed by atoms with Gasteiger partial charge in [0, 0.05) is 30.0 Å². The number of nitrogens with zero attached hydrogens (tertiary/aromatic N) is 1. The number of hydrogen-bond acceptors (Lipinski definition) is 5. The Morgan fingerprint density at radius 2 is 2.29 bits per heavy atom. The van der Waals surface area contributed by atoms with Crippen molar-refractivity contribution in [2.24, 2.45) is 0 Å². The van der Waals surface area contributed by atoms with Gasteiger partial charge >= 0.3 is 6.09 Å². The molecule has 0 aromatic heterocycles. The number of carbonyl (C=O) groups excluding carboxylic acids is 1. The van der Waals surface area contributed by atoms with Gasteiger partial charge in [0.15, 0.2) is 6.73 Å². The van der Waals surface area contributed by atoms with Crippen molar-refractivity contribution in [2.75, 3.05) is 30.7 Å². The van der Waals surface area contributed by atoms with E-state index in [0.29, 0.717) is 11.4 Å². The first-order chi connectivity index (χ1) is 9.95. The Morgan fingerprint density at radius 3 is 2.90 bits per heavy atom. The molecule has 7 heteroatoms. The smallest absolute Gasteiger partial charge is 0.409 e. The second-order valence-electron chi connectivity index (χ2n) is 5.28. The zero-order valence-electron chi connectivity index (χ0n) is 12.3. The van der Waals surface area contributed by atoms with E-state index in [4.69, 9.17) is 10.5 Å². The van der Waals surface area contributed by atoms with Gasteiger partial charge in [-0.2, -0.15) is 0 Å². The van der Waals surface area contributed by atoms with Crippen LogP contribution in [0.25, 0.3) is 0 Å². The lowest BCUT2D eigenvalue weighted by Crippen LogP contribution is -2.31. The number of anilines is 2. The molecule has 21 heavy (non-hydrogen) atoms. The molecule has 1 atom stereocenters. The normalized spacial score (nSPS) is 15.4. The number of benzene rings is 1. The van der Waals surface area contributed by atoms with Gasteiger partial charge in [-0.1, -0.05) is 11.2 Å². The van der Waals surface area contributed by atoms with Crippen LogP contribution in [-0.2, 0) is 21.7 Å². The van der Waals surface area contributed by atoms with Crippen LogP contribution >= 0.6 is 0 Å². The Bertz CT molecular complexity index is 506. The van der Waals surface area contributed by atoms with E-state index in [2.05, 4.69) is 5.32 Å². The molecular weight excluding hydrogens is 290 g/mol. The van der Waals surface area contributed by atoms with Gasteiger partial charge in [0.2, 0.25) is 0 Å². The molecular formula is C14H21N3O3S. The molecule has 1 amide bonds. The minimum Gasteiger partial charge on any atom is -0.616 e. The fourth-order valence-electron chi connectivity index (χ4n) is 1.97. The van der Waals surface area contributed by atoms with Crippen molar-refractivity contribution in [3.05, 3.63) is 23.8 Å². The number of amides is 1. The molecule has 1 aliphatic carbocycles. The third-order valence-electron chi connectivity index (χ3n) is 3.16. The van der Waals surface area contributed by atoms with Gasteiger partial charge < -0.3 is 25.2 Å². The molecule has 1 fully saturated rings. The largest absolute Gasteiger partial charge is 0.616 e. The van der Waals surface area contributed by atoms with Crippen LogP contribution in [0.1, 0.15) is 18.4 Å². The molecule has 0 heterocycles. The number of rotatable bonds is 6. The summed E-state index contributed by atoms with van der Waals surface area (Å²) in [6.07, 6.45) is 3.29. The first-order valence-electron chi connectivity index (χ1n) is 6.78. The lowest BCUT2D eigenvalue weighted by molar-refractivity contribution is 0.147. The van der Waals surface area contributed by atoms with E-state index < -0.39 is 17.3 Å². The second-order valence-corrected chi connectivity index (χ2v) is 6.72. The van der Waals surface area contributed by atoms with Crippen LogP contribution in [0.5, 0.6) is 0 Å². The van der Waals surface area contributed by atoms with Crippen molar-refractivity contribution < 1.29 is 14.1 Å². The van der Waals surface area contributed by atoms with Crippen LogP contribution in [0, 0.1) is 0 Å². The zero-order chi connectivity index (χ0) is 15.4. The van der Waals surface area contributed by atoms with Gasteiger partial charge in [0.1, 0.15) is 5.75 Å². The first-order valence-corrected chi connectivity index (χ1v) is 8.51. The minimum atomic E-state index is -0.966. The van der Waals surface area contributed by atoms with Gasteiger partial charge in [-0.05, 0) is 31.0 Å². The minimum absolute atomic E-state index is 0.131. The summed E-state index contributed by atoms with van der Waals surface area (Å²) in [7, 11) is 1.82. The van der Waals surface area contributed by atoms with E-state index in [9.17, 15) is 9.35 Å². The van der Waals surface area contributed by atoms with Gasteiger partial charge in [0.05, 0.1) is 6.26 Å². The maximum absolute atomic E-state index is 11.5. The highest BCUT2D eigenvalue weighted by atomic mass is 32.2. The summed E-state index contributed by atoms with van der Waals surface area (Å²) in [4.78, 5) is 13.3. The Kier molecular flexibility index (Phi) is 5.19. The molecule has 1 aromatic carbocycles. The van der Waals surface area contributed by atoms with E-state index in [1.807, 2.05) is 13.1 Å². The molecule has 2 rings (SSSR count). The van der Waals surface area contributed by atoms with Crippen molar-refractivity contribution in [1.29, 1.82) is 0 Å². The highest BCUT2D eigenvalue weighted by Crippen LogP contribution is 2.24. The lowest BCUT2D eigenvalue weighted by atomic mass is 10.1. The molecule has 116 valence electrons. The van der Waals surface area contributed by atoms with E-state index in [1.54, 1.807) is 23.3 Å². The Hall–Kier alpha value is -1.60. The molecule has 0 radical (unpaired) electrons. The predicted molar refractivity (Wildman–Crippen MR) is 84.5 cm³/mol. The molecule has 0 aliphatic heterocycles. The molecule has 0 bridgehead atoms. The molecule has 1 unspecified atom stereocenters. The lowest BCUT2D eigenvalue weighted by Gasteiger charge is -2.22. The van der Waals surface area contributed by atoms with Crippen LogP contribution in [-0.4, -0.2) is 36.7 Å². The maximum atomic E-state index is 11.5. The third-order valence-corrected chi connectivity index (χ3v) is 3.88. The summed E-state index contributed by atoms with van der Waals surface area (Å²) in [5.74, 6) is 0.416. The SMILES string of the molecule is CN(COC(=O)NC1CC1)c1ccc(N)cc1C[S+](C)[O-]. The van der Waals surface area contributed by atoms with Crippen molar-refractivity contribution in [1.82, 2.24) is 5.32 Å². The Balaban J connectivity index is 1.96. The summed E-state index contributed by atoms with van der Waals surface area (Å²) in [6, 6.07) is 5.70. The van der Waals surface area contributed by atoms with Crippen LogP contribution in [0.4, 0.5) is 16.2 Å². The van der Waals surface area contributed by atoms with Gasteiger partial charge in [-0.25, -0.2) is 4.79 Å². The van der Waals surface area contributed by atoms with Gasteiger partial charge in [0.25, 0.3) is 0 Å². The predicted octanol–water partition coefficient (Wildman–Crippen LogP) is 1.43. The molecule has 6 nitrogen and oxygen atoms in total. The standard InChI is InChI=1S/C14H21N3O3S/c1-17(9-20-14(18)16-12-4-5-12)13-6-3-11(15)7-10(13)8-21(2)19/h3,6-7,12H,4-5,8-9,15H2,1-2H3,(H,16,18). The number of nitrogens with two attached hydrogens (primary N) is 1. The second kappa shape index (κ2) is 6.91. The van der Waals surface area contributed by atoms with E-state index in [0.717, 1.165) is 24.1 Å². The van der Waals surface area contributed by atoms with Crippen molar-refractivity contribution in [2.45, 2.75) is 24.6 Å². The van der Waals surface area contributed by atoms with Gasteiger partial charge in [-0.15, -0.1) is 0 Å². The summed E-state index contributed by atoms with van der Waals surface area (Å²) < 4.78 is 16.6. The summed E-state index contributed by atoms with van der Waals surface area (Å²) in [6.45, 7) is 0.131. The summed E-state index contributed by atoms with van der Waals surface area (Å²) in [5.41, 5.74) is 8.14. The quantitative estimate of drug-likeness (QED) is 0.471. The average Bonchev–Trinajstić information content (AvgIpc) is 3.19. The topological polar surface area (TPSA) is 90.7 Å². The van der Waals surface area contributed by atoms with Crippen molar-refractivity contribution >= 4 is 28.6 Å². The number of alkyl carbamates (subject to hydrolysis) is 1. The highest BCUT2D eigenvalue weighted by Gasteiger charge is 2.24. The number of ether oxygens (including phenoxy) is 1. The Labute approximate surface area is 127 Å². The average molecular weight is 311 g/mol. The fraction of sp³-hybridized carbons (Fsp3) is 0.500. The first kappa shape index (κ1) is 15.8. The molecule has 0 saturated heterocycles. The molecule has 3 N–H and O–H groups in total. The summed E-state index contributed by atoms with van der Waals surface area (Å²) in [5, 5.41) is 2.76. The van der Waals surface area contributed by atoms with E-state index in [-0.39, 0.29) is 12.8 Å². The van der Waals surface area contributed by atoms with Crippen molar-refractivity contribution in [3.8, 4) is 0 Å². The number of carbonyl (C=O) groups is 1. The molecule has 0 spiro atoms. The monoisotopic (exact) mass is 311 g/mol. The molecule has 1 aliphatic rings. The zero-order valence-corrected chi connectivity index (χ0v) is 13.1. The van der Waals surface area contributed by atoms with Crippen LogP contribution in [0.15, 0.2) is 18.2 Å². The van der Waals surface area contributed by atoms with E-state index >= 15 is 0 Å². The van der Waals surface area contributed by atoms with Crippen LogP contribution < -0.4 is 16.0 Å². The van der Waals surface area contributed by atoms with Crippen LogP contribution in [0.3, 0.4) is 0 Å². The Morgan fingerprint density at radius 1 is 1.57 bits per heavy atom. The number of nitrogens with one attached hydrogen (secondary N) is 1. The van der Waals surface area contributed by atoms with Crippen molar-refractivity contribution in [3.63, 3.8) is 0 Å².